The minimum Gasteiger partial charge on any atom is -0.395 e. The van der Waals surface area contributed by atoms with E-state index in [0.29, 0.717) is 0 Å². The Morgan fingerprint density at radius 3 is 2.62 bits per heavy atom. The smallest absolute Gasteiger partial charge is 0.0550 e. The second kappa shape index (κ2) is 5.71. The van der Waals surface area contributed by atoms with Crippen LogP contribution in [0.4, 0.5) is 0 Å². The normalized spacial score (nSPS) is 17.4. The Bertz CT molecular complexity index is 321. The third kappa shape index (κ3) is 3.81. The van der Waals surface area contributed by atoms with Crippen molar-refractivity contribution in [2.45, 2.75) is 42.5 Å². The van der Waals surface area contributed by atoms with Crippen LogP contribution in [0.2, 0.25) is 0 Å². The highest BCUT2D eigenvalue weighted by atomic mass is 32.2. The third-order valence-corrected chi connectivity index (χ3v) is 3.79. The van der Waals surface area contributed by atoms with E-state index in [-0.39, 0.29) is 11.9 Å². The first kappa shape index (κ1) is 12.0. The predicted octanol–water partition coefficient (Wildman–Crippen LogP) is 2.41. The van der Waals surface area contributed by atoms with Crippen LogP contribution >= 0.6 is 11.8 Å². The molecule has 2 N–H and O–H groups in total. The lowest BCUT2D eigenvalue weighted by molar-refractivity contribution is 0.300. The molecule has 1 aromatic rings. The first-order valence-electron chi connectivity index (χ1n) is 5.88. The summed E-state index contributed by atoms with van der Waals surface area (Å²) in [6.45, 7) is 3.24. The van der Waals surface area contributed by atoms with E-state index in [1.54, 1.807) is 11.8 Å². The number of hydrogen-bond acceptors (Lipinski definition) is 3. The fourth-order valence-corrected chi connectivity index (χ4v) is 2.34. The lowest BCUT2D eigenvalue weighted by atomic mass is 10.2. The van der Waals surface area contributed by atoms with Crippen LogP contribution in [0.5, 0.6) is 0 Å². The van der Waals surface area contributed by atoms with Crippen LogP contribution in [0.25, 0.3) is 0 Å². The molecule has 0 aliphatic heterocycles. The van der Waals surface area contributed by atoms with Crippen molar-refractivity contribution < 1.29 is 5.11 Å². The van der Waals surface area contributed by atoms with Crippen molar-refractivity contribution in [3.05, 3.63) is 29.8 Å². The van der Waals surface area contributed by atoms with Gasteiger partial charge in [0.15, 0.2) is 0 Å². The summed E-state index contributed by atoms with van der Waals surface area (Å²) in [6.07, 6.45) is 2.67. The molecule has 0 bridgehead atoms. The molecule has 0 amide bonds. The van der Waals surface area contributed by atoms with E-state index in [0.717, 1.165) is 12.6 Å². The summed E-state index contributed by atoms with van der Waals surface area (Å²) in [7, 11) is 0. The van der Waals surface area contributed by atoms with Gasteiger partial charge in [0.1, 0.15) is 0 Å². The molecular weight excluding hydrogens is 218 g/mol. The summed E-state index contributed by atoms with van der Waals surface area (Å²) in [5, 5.41) is 12.7. The topological polar surface area (TPSA) is 32.3 Å². The number of nitrogens with one attached hydrogen (secondary N) is 1. The Hall–Kier alpha value is -0.510. The molecule has 1 saturated carbocycles. The molecule has 1 fully saturated rings. The summed E-state index contributed by atoms with van der Waals surface area (Å²) in [5.41, 5.74) is 1.34. The summed E-state index contributed by atoms with van der Waals surface area (Å²) in [4.78, 5) is 1.23. The predicted molar refractivity (Wildman–Crippen MR) is 68.7 cm³/mol. The maximum absolute atomic E-state index is 8.97. The molecule has 1 unspecified atom stereocenters. The largest absolute Gasteiger partial charge is 0.395 e. The molecule has 88 valence electrons. The molecule has 2 nitrogen and oxygen atoms in total. The molecule has 1 aliphatic rings. The Kier molecular flexibility index (Phi) is 4.27. The van der Waals surface area contributed by atoms with Crippen molar-refractivity contribution in [1.29, 1.82) is 0 Å². The number of aliphatic hydroxyl groups excluding tert-OH is 1. The number of rotatable bonds is 6. The van der Waals surface area contributed by atoms with Gasteiger partial charge in [0.05, 0.1) is 6.61 Å². The molecule has 1 aromatic carbocycles. The van der Waals surface area contributed by atoms with Gasteiger partial charge in [0.2, 0.25) is 0 Å². The molecule has 0 saturated heterocycles. The van der Waals surface area contributed by atoms with Gasteiger partial charge < -0.3 is 10.4 Å². The van der Waals surface area contributed by atoms with Crippen LogP contribution in [-0.4, -0.2) is 23.0 Å². The van der Waals surface area contributed by atoms with Crippen molar-refractivity contribution in [2.24, 2.45) is 0 Å². The van der Waals surface area contributed by atoms with E-state index < -0.39 is 0 Å². The van der Waals surface area contributed by atoms with Crippen LogP contribution in [0.15, 0.2) is 29.2 Å². The van der Waals surface area contributed by atoms with Crippen molar-refractivity contribution in [1.82, 2.24) is 5.32 Å². The van der Waals surface area contributed by atoms with Gasteiger partial charge in [0.25, 0.3) is 0 Å². The maximum atomic E-state index is 8.97. The Balaban J connectivity index is 1.82. The molecule has 1 aliphatic carbocycles. The molecule has 0 heterocycles. The quantitative estimate of drug-likeness (QED) is 0.745. The first-order valence-corrected chi connectivity index (χ1v) is 6.75. The van der Waals surface area contributed by atoms with Crippen LogP contribution in [-0.2, 0) is 6.54 Å². The van der Waals surface area contributed by atoms with Crippen molar-refractivity contribution in [3.63, 3.8) is 0 Å². The van der Waals surface area contributed by atoms with E-state index in [2.05, 4.69) is 29.6 Å². The highest BCUT2D eigenvalue weighted by molar-refractivity contribution is 8.00. The standard InChI is InChI=1S/C13H19NOS/c1-10(9-15)16-13-6-2-11(3-7-13)8-14-12-4-5-12/h2-3,6-7,10,12,14-15H,4-5,8-9H2,1H3. The summed E-state index contributed by atoms with van der Waals surface area (Å²) < 4.78 is 0. The van der Waals surface area contributed by atoms with Gasteiger partial charge >= 0.3 is 0 Å². The third-order valence-electron chi connectivity index (χ3n) is 2.69. The van der Waals surface area contributed by atoms with Gasteiger partial charge in [-0.15, -0.1) is 11.8 Å². The first-order chi connectivity index (χ1) is 7.78. The number of aliphatic hydroxyl groups is 1. The van der Waals surface area contributed by atoms with Crippen molar-refractivity contribution in [2.75, 3.05) is 6.61 Å². The van der Waals surface area contributed by atoms with Gasteiger partial charge in [-0.2, -0.15) is 0 Å². The molecule has 0 radical (unpaired) electrons. The molecule has 2 rings (SSSR count). The Morgan fingerprint density at radius 1 is 1.38 bits per heavy atom. The zero-order valence-corrected chi connectivity index (χ0v) is 10.5. The summed E-state index contributed by atoms with van der Waals surface area (Å²) >= 11 is 1.72. The molecule has 3 heteroatoms. The van der Waals surface area contributed by atoms with Gasteiger partial charge in [-0.05, 0) is 30.5 Å². The SMILES string of the molecule is CC(CO)Sc1ccc(CNC2CC2)cc1. The molecule has 0 aromatic heterocycles. The fourth-order valence-electron chi connectivity index (χ4n) is 1.51. The lowest BCUT2D eigenvalue weighted by Crippen LogP contribution is -2.15. The molecule has 0 spiro atoms. The average Bonchev–Trinajstić information content (AvgIpc) is 3.12. The minimum atomic E-state index is 0.232. The second-order valence-electron chi connectivity index (χ2n) is 4.41. The van der Waals surface area contributed by atoms with E-state index >= 15 is 0 Å². The number of benzene rings is 1. The zero-order valence-electron chi connectivity index (χ0n) is 9.65. The molecule has 16 heavy (non-hydrogen) atoms. The molecular formula is C13H19NOS. The van der Waals surface area contributed by atoms with Crippen LogP contribution in [0.1, 0.15) is 25.3 Å². The lowest BCUT2D eigenvalue weighted by Gasteiger charge is -2.08. The monoisotopic (exact) mass is 237 g/mol. The average molecular weight is 237 g/mol. The highest BCUT2D eigenvalue weighted by Crippen LogP contribution is 2.23. The van der Waals surface area contributed by atoms with E-state index in [4.69, 9.17) is 5.11 Å². The van der Waals surface area contributed by atoms with E-state index in [1.807, 2.05) is 6.92 Å². The Labute approximate surface area is 101 Å². The summed E-state index contributed by atoms with van der Waals surface area (Å²) in [6, 6.07) is 9.38. The zero-order chi connectivity index (χ0) is 11.4. The van der Waals surface area contributed by atoms with E-state index in [9.17, 15) is 0 Å². The van der Waals surface area contributed by atoms with E-state index in [1.165, 1.54) is 23.3 Å². The van der Waals surface area contributed by atoms with Gasteiger partial charge in [-0.3, -0.25) is 0 Å². The van der Waals surface area contributed by atoms with Gasteiger partial charge in [-0.25, -0.2) is 0 Å². The van der Waals surface area contributed by atoms with Crippen LogP contribution in [0.3, 0.4) is 0 Å². The Morgan fingerprint density at radius 2 is 2.06 bits per heavy atom. The summed E-state index contributed by atoms with van der Waals surface area (Å²) in [5.74, 6) is 0. The number of thioether (sulfide) groups is 1. The highest BCUT2D eigenvalue weighted by Gasteiger charge is 2.19. The van der Waals surface area contributed by atoms with Crippen LogP contribution < -0.4 is 5.32 Å². The van der Waals surface area contributed by atoms with Crippen molar-refractivity contribution >= 4 is 11.8 Å². The minimum absolute atomic E-state index is 0.232. The molecule has 1 atom stereocenters. The number of hydrogen-bond donors (Lipinski definition) is 2. The van der Waals surface area contributed by atoms with Crippen molar-refractivity contribution in [3.8, 4) is 0 Å². The second-order valence-corrected chi connectivity index (χ2v) is 5.92. The van der Waals surface area contributed by atoms with Gasteiger partial charge in [-0.1, -0.05) is 19.1 Å². The maximum Gasteiger partial charge on any atom is 0.0550 e. The van der Waals surface area contributed by atoms with Crippen LogP contribution in [0, 0.1) is 0 Å². The fraction of sp³-hybridized carbons (Fsp3) is 0.538. The van der Waals surface area contributed by atoms with Gasteiger partial charge in [0, 0.05) is 22.7 Å².